The fourth-order valence-electron chi connectivity index (χ4n) is 2.48. The average molecular weight is 233 g/mol. The van der Waals surface area contributed by atoms with E-state index < -0.39 is 0 Å². The van der Waals surface area contributed by atoms with Gasteiger partial charge in [-0.3, -0.25) is 9.78 Å². The van der Waals surface area contributed by atoms with Crippen LogP contribution >= 0.6 is 0 Å². The Bertz CT molecular complexity index is 380. The summed E-state index contributed by atoms with van der Waals surface area (Å²) in [6.07, 6.45) is 5.10. The van der Waals surface area contributed by atoms with Gasteiger partial charge in [-0.15, -0.1) is 0 Å². The van der Waals surface area contributed by atoms with E-state index in [1.54, 1.807) is 6.20 Å². The second kappa shape index (κ2) is 5.27. The molecule has 1 aromatic rings. The second-order valence-corrected chi connectivity index (χ2v) is 4.56. The number of carbonyl (C=O) groups is 1. The number of hydrogen-bond acceptors (Lipinski definition) is 3. The smallest absolute Gasteiger partial charge is 0.223 e. The van der Waals surface area contributed by atoms with E-state index in [0.717, 1.165) is 18.5 Å². The van der Waals surface area contributed by atoms with Crippen LogP contribution < -0.4 is 5.73 Å². The lowest BCUT2D eigenvalue weighted by molar-refractivity contribution is -0.129. The summed E-state index contributed by atoms with van der Waals surface area (Å²) in [6.45, 7) is 3.47. The molecule has 0 radical (unpaired) electrons. The molecule has 1 amide bonds. The zero-order chi connectivity index (χ0) is 12.3. The van der Waals surface area contributed by atoms with Gasteiger partial charge in [-0.2, -0.15) is 0 Å². The first kappa shape index (κ1) is 12.0. The van der Waals surface area contributed by atoms with Gasteiger partial charge < -0.3 is 10.6 Å². The van der Waals surface area contributed by atoms with Crippen molar-refractivity contribution in [2.75, 3.05) is 13.1 Å². The van der Waals surface area contributed by atoms with Crippen molar-refractivity contribution in [2.45, 2.75) is 25.8 Å². The molecule has 0 aromatic carbocycles. The fourth-order valence-corrected chi connectivity index (χ4v) is 2.48. The molecule has 17 heavy (non-hydrogen) atoms. The highest BCUT2D eigenvalue weighted by atomic mass is 16.2. The standard InChI is InChI=1S/C13H19N3O/c1-2-12(11-4-3-5-15-8-11)16-9-10(7-14)6-13(16)17/h3-5,8,10,12H,2,6-7,9,14H2,1H3. The summed E-state index contributed by atoms with van der Waals surface area (Å²) >= 11 is 0. The minimum Gasteiger partial charge on any atom is -0.335 e. The van der Waals surface area contributed by atoms with Crippen LogP contribution in [0.4, 0.5) is 0 Å². The maximum atomic E-state index is 12.0. The first-order chi connectivity index (χ1) is 8.26. The molecule has 2 N–H and O–H groups in total. The van der Waals surface area contributed by atoms with E-state index in [2.05, 4.69) is 11.9 Å². The van der Waals surface area contributed by atoms with Gasteiger partial charge in [0.2, 0.25) is 5.91 Å². The molecule has 1 aliphatic rings. The predicted molar refractivity (Wildman–Crippen MR) is 66.1 cm³/mol. The Morgan fingerprint density at radius 2 is 2.47 bits per heavy atom. The van der Waals surface area contributed by atoms with Gasteiger partial charge in [0.25, 0.3) is 0 Å². The topological polar surface area (TPSA) is 59.2 Å². The molecule has 1 saturated heterocycles. The van der Waals surface area contributed by atoms with Gasteiger partial charge >= 0.3 is 0 Å². The molecule has 4 nitrogen and oxygen atoms in total. The minimum absolute atomic E-state index is 0.146. The quantitative estimate of drug-likeness (QED) is 0.853. The summed E-state index contributed by atoms with van der Waals surface area (Å²) < 4.78 is 0. The number of aromatic nitrogens is 1. The zero-order valence-electron chi connectivity index (χ0n) is 10.2. The van der Waals surface area contributed by atoms with Crippen LogP contribution in [0.5, 0.6) is 0 Å². The summed E-state index contributed by atoms with van der Waals surface area (Å²) in [6, 6.07) is 4.09. The number of nitrogens with two attached hydrogens (primary N) is 1. The highest BCUT2D eigenvalue weighted by molar-refractivity contribution is 5.79. The third kappa shape index (κ3) is 2.47. The van der Waals surface area contributed by atoms with Crippen LogP contribution in [0.15, 0.2) is 24.5 Å². The molecule has 0 bridgehead atoms. The highest BCUT2D eigenvalue weighted by Gasteiger charge is 2.33. The maximum Gasteiger partial charge on any atom is 0.223 e. The Kier molecular flexibility index (Phi) is 3.74. The lowest BCUT2D eigenvalue weighted by Gasteiger charge is -2.27. The molecule has 2 atom stereocenters. The summed E-state index contributed by atoms with van der Waals surface area (Å²) in [5.74, 6) is 0.532. The number of nitrogens with zero attached hydrogens (tertiary/aromatic N) is 2. The average Bonchev–Trinajstić information content (AvgIpc) is 2.73. The molecule has 1 aromatic heterocycles. The van der Waals surface area contributed by atoms with Gasteiger partial charge in [0, 0.05) is 25.4 Å². The van der Waals surface area contributed by atoms with E-state index in [1.807, 2.05) is 23.2 Å². The van der Waals surface area contributed by atoms with Gasteiger partial charge in [-0.05, 0) is 30.5 Å². The predicted octanol–water partition coefficient (Wildman–Crippen LogP) is 1.34. The van der Waals surface area contributed by atoms with Crippen molar-refractivity contribution in [3.63, 3.8) is 0 Å². The normalized spacial score (nSPS) is 21.9. The summed E-state index contributed by atoms with van der Waals surface area (Å²) in [7, 11) is 0. The minimum atomic E-state index is 0.146. The molecule has 0 saturated carbocycles. The number of pyridine rings is 1. The Balaban J connectivity index is 2.17. The van der Waals surface area contributed by atoms with Crippen LogP contribution in [0.3, 0.4) is 0 Å². The van der Waals surface area contributed by atoms with Crippen LogP contribution in [0.1, 0.15) is 31.4 Å². The zero-order valence-corrected chi connectivity index (χ0v) is 10.2. The van der Waals surface area contributed by atoms with Crippen molar-refractivity contribution in [3.05, 3.63) is 30.1 Å². The van der Waals surface area contributed by atoms with Crippen molar-refractivity contribution in [1.82, 2.24) is 9.88 Å². The second-order valence-electron chi connectivity index (χ2n) is 4.56. The molecule has 0 aliphatic carbocycles. The Morgan fingerprint density at radius 3 is 3.00 bits per heavy atom. The molecule has 1 aliphatic heterocycles. The van der Waals surface area contributed by atoms with Crippen LogP contribution in [0.2, 0.25) is 0 Å². The monoisotopic (exact) mass is 233 g/mol. The van der Waals surface area contributed by atoms with Gasteiger partial charge in [-0.25, -0.2) is 0 Å². The number of amides is 1. The molecule has 4 heteroatoms. The van der Waals surface area contributed by atoms with Crippen molar-refractivity contribution >= 4 is 5.91 Å². The maximum absolute atomic E-state index is 12.0. The number of rotatable bonds is 4. The molecule has 2 rings (SSSR count). The first-order valence-electron chi connectivity index (χ1n) is 6.15. The summed E-state index contributed by atoms with van der Waals surface area (Å²) in [5.41, 5.74) is 6.76. The Morgan fingerprint density at radius 1 is 1.65 bits per heavy atom. The van der Waals surface area contributed by atoms with Crippen molar-refractivity contribution < 1.29 is 4.79 Å². The van der Waals surface area contributed by atoms with E-state index >= 15 is 0 Å². The molecule has 92 valence electrons. The number of hydrogen-bond donors (Lipinski definition) is 1. The highest BCUT2D eigenvalue weighted by Crippen LogP contribution is 2.30. The van der Waals surface area contributed by atoms with E-state index in [9.17, 15) is 4.79 Å². The molecule has 2 unspecified atom stereocenters. The van der Waals surface area contributed by atoms with E-state index in [1.165, 1.54) is 0 Å². The fraction of sp³-hybridized carbons (Fsp3) is 0.538. The first-order valence-corrected chi connectivity index (χ1v) is 6.15. The van der Waals surface area contributed by atoms with E-state index in [4.69, 9.17) is 5.73 Å². The lowest BCUT2D eigenvalue weighted by atomic mass is 10.1. The molecular weight excluding hydrogens is 214 g/mol. The van der Waals surface area contributed by atoms with Gasteiger partial charge in [0.05, 0.1) is 6.04 Å². The van der Waals surface area contributed by atoms with E-state index in [-0.39, 0.29) is 11.9 Å². The van der Waals surface area contributed by atoms with Crippen LogP contribution in [0, 0.1) is 5.92 Å². The van der Waals surface area contributed by atoms with Crippen molar-refractivity contribution in [1.29, 1.82) is 0 Å². The van der Waals surface area contributed by atoms with Gasteiger partial charge in [0.15, 0.2) is 0 Å². The number of likely N-dealkylation sites (tertiary alicyclic amines) is 1. The van der Waals surface area contributed by atoms with Crippen LogP contribution in [0.25, 0.3) is 0 Å². The number of carbonyl (C=O) groups excluding carboxylic acids is 1. The Labute approximate surface area is 102 Å². The molecule has 0 spiro atoms. The summed E-state index contributed by atoms with van der Waals surface area (Å²) in [4.78, 5) is 18.0. The summed E-state index contributed by atoms with van der Waals surface area (Å²) in [5, 5.41) is 0. The lowest BCUT2D eigenvalue weighted by Crippen LogP contribution is -2.30. The molecule has 1 fully saturated rings. The van der Waals surface area contributed by atoms with E-state index in [0.29, 0.717) is 18.9 Å². The van der Waals surface area contributed by atoms with Crippen LogP contribution in [-0.4, -0.2) is 28.9 Å². The van der Waals surface area contributed by atoms with Gasteiger partial charge in [-0.1, -0.05) is 13.0 Å². The van der Waals surface area contributed by atoms with Crippen molar-refractivity contribution in [3.8, 4) is 0 Å². The molecular formula is C13H19N3O. The SMILES string of the molecule is CCC(c1cccnc1)N1CC(CN)CC1=O. The third-order valence-electron chi connectivity index (χ3n) is 3.40. The largest absolute Gasteiger partial charge is 0.335 e. The van der Waals surface area contributed by atoms with Crippen LogP contribution in [-0.2, 0) is 4.79 Å². The Hall–Kier alpha value is -1.42. The van der Waals surface area contributed by atoms with Gasteiger partial charge in [0.1, 0.15) is 0 Å². The van der Waals surface area contributed by atoms with Crippen molar-refractivity contribution in [2.24, 2.45) is 11.7 Å². The third-order valence-corrected chi connectivity index (χ3v) is 3.40. The molecule has 2 heterocycles.